The van der Waals surface area contributed by atoms with E-state index in [4.69, 9.17) is 4.74 Å². The zero-order valence-corrected chi connectivity index (χ0v) is 10.5. The van der Waals surface area contributed by atoms with Gasteiger partial charge in [0.2, 0.25) is 5.95 Å². The molecule has 2 unspecified atom stereocenters. The average Bonchev–Trinajstić information content (AvgIpc) is 2.69. The number of hydrogen-bond donors (Lipinski definition) is 0. The lowest BCUT2D eigenvalue weighted by Gasteiger charge is -2.36. The number of methoxy groups -OCH3 is 1. The van der Waals surface area contributed by atoms with E-state index >= 15 is 0 Å². The zero-order chi connectivity index (χ0) is 12.5. The molecule has 0 spiro atoms. The molecule has 2 aliphatic rings. The van der Waals surface area contributed by atoms with Gasteiger partial charge in [0.25, 0.3) is 0 Å². The highest BCUT2D eigenvalue weighted by molar-refractivity contribution is 5.74. The number of esters is 1. The first kappa shape index (κ1) is 11.4. The lowest BCUT2D eigenvalue weighted by atomic mass is 9.85. The summed E-state index contributed by atoms with van der Waals surface area (Å²) in [5, 5.41) is 0. The van der Waals surface area contributed by atoms with Crippen molar-refractivity contribution < 1.29 is 9.53 Å². The van der Waals surface area contributed by atoms with E-state index < -0.39 is 0 Å². The monoisotopic (exact) mass is 247 g/mol. The Morgan fingerprint density at radius 1 is 1.28 bits per heavy atom. The van der Waals surface area contributed by atoms with Crippen LogP contribution in [0.3, 0.4) is 0 Å². The highest BCUT2D eigenvalue weighted by atomic mass is 16.5. The smallest absolute Gasteiger partial charge is 0.309 e. The fourth-order valence-electron chi connectivity index (χ4n) is 3.36. The molecular formula is C13H17N3O2. The van der Waals surface area contributed by atoms with Crippen molar-refractivity contribution in [1.29, 1.82) is 0 Å². The molecule has 1 saturated heterocycles. The van der Waals surface area contributed by atoms with Crippen molar-refractivity contribution in [1.82, 2.24) is 9.97 Å². The standard InChI is InChI=1S/C13H17N3O2/c1-18-12(17)11-9-3-4-10(11)8-16(7-9)13-14-5-2-6-15-13/h2,5-6,9-11H,3-4,7-8H2,1H3. The third-order valence-electron chi connectivity index (χ3n) is 4.14. The normalized spacial score (nSPS) is 30.3. The van der Waals surface area contributed by atoms with Crippen LogP contribution in [-0.4, -0.2) is 36.1 Å². The number of carbonyl (C=O) groups is 1. The summed E-state index contributed by atoms with van der Waals surface area (Å²) < 4.78 is 4.92. The largest absolute Gasteiger partial charge is 0.469 e. The first-order valence-electron chi connectivity index (χ1n) is 6.39. The molecule has 2 heterocycles. The molecule has 2 fully saturated rings. The number of hydrogen-bond acceptors (Lipinski definition) is 5. The fourth-order valence-corrected chi connectivity index (χ4v) is 3.36. The topological polar surface area (TPSA) is 55.3 Å². The van der Waals surface area contributed by atoms with Gasteiger partial charge in [0.1, 0.15) is 0 Å². The van der Waals surface area contributed by atoms with Crippen LogP contribution in [0.15, 0.2) is 18.5 Å². The van der Waals surface area contributed by atoms with E-state index in [1.165, 1.54) is 7.11 Å². The molecule has 0 aromatic carbocycles. The summed E-state index contributed by atoms with van der Waals surface area (Å²) in [7, 11) is 1.48. The molecule has 0 amide bonds. The van der Waals surface area contributed by atoms with Crippen LogP contribution in [0.5, 0.6) is 0 Å². The zero-order valence-electron chi connectivity index (χ0n) is 10.5. The maximum Gasteiger partial charge on any atom is 0.309 e. The van der Waals surface area contributed by atoms with Crippen molar-refractivity contribution in [3.8, 4) is 0 Å². The van der Waals surface area contributed by atoms with Crippen LogP contribution in [0.1, 0.15) is 12.8 Å². The van der Waals surface area contributed by atoms with Crippen LogP contribution < -0.4 is 4.90 Å². The molecule has 5 heteroatoms. The predicted octanol–water partition coefficient (Wildman–Crippen LogP) is 1.11. The minimum absolute atomic E-state index is 0.0452. The van der Waals surface area contributed by atoms with Crippen LogP contribution in [0.4, 0.5) is 5.95 Å². The number of carbonyl (C=O) groups excluding carboxylic acids is 1. The molecule has 1 aromatic rings. The summed E-state index contributed by atoms with van der Waals surface area (Å²) in [5.41, 5.74) is 0. The molecule has 2 atom stereocenters. The van der Waals surface area contributed by atoms with Gasteiger partial charge in [-0.15, -0.1) is 0 Å². The molecule has 18 heavy (non-hydrogen) atoms. The highest BCUT2D eigenvalue weighted by Crippen LogP contribution is 2.43. The maximum atomic E-state index is 11.8. The first-order valence-corrected chi connectivity index (χ1v) is 6.39. The van der Waals surface area contributed by atoms with Gasteiger partial charge in [-0.2, -0.15) is 0 Å². The highest BCUT2D eigenvalue weighted by Gasteiger charge is 2.46. The van der Waals surface area contributed by atoms with Gasteiger partial charge in [-0.1, -0.05) is 0 Å². The summed E-state index contributed by atoms with van der Waals surface area (Å²) in [6.45, 7) is 1.72. The lowest BCUT2D eigenvalue weighted by Crippen LogP contribution is -2.45. The molecule has 1 aliphatic heterocycles. The van der Waals surface area contributed by atoms with Crippen LogP contribution in [0.2, 0.25) is 0 Å². The summed E-state index contributed by atoms with van der Waals surface area (Å²) in [5.74, 6) is 1.59. The van der Waals surface area contributed by atoms with Crippen molar-refractivity contribution in [3.63, 3.8) is 0 Å². The van der Waals surface area contributed by atoms with Gasteiger partial charge in [0, 0.05) is 25.5 Å². The van der Waals surface area contributed by atoms with Crippen molar-refractivity contribution in [2.45, 2.75) is 12.8 Å². The SMILES string of the molecule is COC(=O)C1C2CCC1CN(c1ncccn1)C2. The van der Waals surface area contributed by atoms with E-state index in [2.05, 4.69) is 14.9 Å². The molecular weight excluding hydrogens is 230 g/mol. The van der Waals surface area contributed by atoms with E-state index in [1.54, 1.807) is 12.4 Å². The quantitative estimate of drug-likeness (QED) is 0.733. The van der Waals surface area contributed by atoms with Crippen LogP contribution in [-0.2, 0) is 9.53 Å². The third kappa shape index (κ3) is 1.83. The molecule has 1 aliphatic carbocycles. The van der Waals surface area contributed by atoms with Gasteiger partial charge in [-0.3, -0.25) is 4.79 Å². The second-order valence-corrected chi connectivity index (χ2v) is 5.10. The van der Waals surface area contributed by atoms with Crippen molar-refractivity contribution in [3.05, 3.63) is 18.5 Å². The number of piperidine rings is 1. The molecule has 96 valence electrons. The van der Waals surface area contributed by atoms with Gasteiger partial charge in [0.15, 0.2) is 0 Å². The minimum Gasteiger partial charge on any atom is -0.469 e. The number of fused-ring (bicyclic) bond motifs is 2. The lowest BCUT2D eigenvalue weighted by molar-refractivity contribution is -0.148. The molecule has 1 aromatic heterocycles. The van der Waals surface area contributed by atoms with Gasteiger partial charge < -0.3 is 9.64 Å². The second-order valence-electron chi connectivity index (χ2n) is 5.10. The number of nitrogens with zero attached hydrogens (tertiary/aromatic N) is 3. The van der Waals surface area contributed by atoms with Crippen molar-refractivity contribution in [2.24, 2.45) is 17.8 Å². The van der Waals surface area contributed by atoms with Crippen LogP contribution >= 0.6 is 0 Å². The van der Waals surface area contributed by atoms with Gasteiger partial charge in [-0.05, 0) is 30.7 Å². The van der Waals surface area contributed by atoms with E-state index in [1.807, 2.05) is 6.07 Å². The maximum absolute atomic E-state index is 11.8. The summed E-state index contributed by atoms with van der Waals surface area (Å²) in [6, 6.07) is 1.82. The number of rotatable bonds is 2. The number of ether oxygens (including phenoxy) is 1. The van der Waals surface area contributed by atoms with Crippen LogP contribution in [0.25, 0.3) is 0 Å². The fraction of sp³-hybridized carbons (Fsp3) is 0.615. The number of anilines is 1. The van der Waals surface area contributed by atoms with E-state index in [0.29, 0.717) is 11.8 Å². The van der Waals surface area contributed by atoms with Gasteiger partial charge >= 0.3 is 5.97 Å². The molecule has 5 nitrogen and oxygen atoms in total. The average molecular weight is 247 g/mol. The Morgan fingerprint density at radius 3 is 2.44 bits per heavy atom. The number of aromatic nitrogens is 2. The Hall–Kier alpha value is -1.65. The Bertz CT molecular complexity index is 423. The molecule has 0 N–H and O–H groups in total. The van der Waals surface area contributed by atoms with Gasteiger partial charge in [0.05, 0.1) is 13.0 Å². The van der Waals surface area contributed by atoms with E-state index in [9.17, 15) is 4.79 Å². The summed E-state index contributed by atoms with van der Waals surface area (Å²) in [6.07, 6.45) is 5.73. The third-order valence-corrected chi connectivity index (χ3v) is 4.14. The predicted molar refractivity (Wildman–Crippen MR) is 66.0 cm³/mol. The molecule has 2 bridgehead atoms. The van der Waals surface area contributed by atoms with Crippen molar-refractivity contribution >= 4 is 11.9 Å². The van der Waals surface area contributed by atoms with Crippen molar-refractivity contribution in [2.75, 3.05) is 25.1 Å². The first-order chi connectivity index (χ1) is 8.79. The molecule has 3 rings (SSSR count). The van der Waals surface area contributed by atoms with E-state index in [-0.39, 0.29) is 11.9 Å². The van der Waals surface area contributed by atoms with Crippen LogP contribution in [0, 0.1) is 17.8 Å². The summed E-state index contributed by atoms with van der Waals surface area (Å²) in [4.78, 5) is 22.6. The molecule has 1 saturated carbocycles. The minimum atomic E-state index is -0.0452. The Morgan fingerprint density at radius 2 is 1.89 bits per heavy atom. The Labute approximate surface area is 106 Å². The summed E-state index contributed by atoms with van der Waals surface area (Å²) >= 11 is 0. The van der Waals surface area contributed by atoms with Gasteiger partial charge in [-0.25, -0.2) is 9.97 Å². The molecule has 0 radical (unpaired) electrons. The second kappa shape index (κ2) is 4.55. The Balaban J connectivity index is 1.78. The van der Waals surface area contributed by atoms with E-state index in [0.717, 1.165) is 31.9 Å². The Kier molecular flexibility index (Phi) is 2.89.